The lowest BCUT2D eigenvalue weighted by atomic mass is 9.76. The summed E-state index contributed by atoms with van der Waals surface area (Å²) in [6.07, 6.45) is 0.890. The van der Waals surface area contributed by atoms with Gasteiger partial charge < -0.3 is 26.4 Å². The number of anilines is 1. The molecule has 42 heavy (non-hydrogen) atoms. The van der Waals surface area contributed by atoms with E-state index in [1.165, 1.54) is 13.0 Å². The van der Waals surface area contributed by atoms with Crippen LogP contribution in [0.25, 0.3) is 0 Å². The van der Waals surface area contributed by atoms with Gasteiger partial charge in [-0.25, -0.2) is 4.39 Å². The molecule has 5 N–H and O–H groups in total. The van der Waals surface area contributed by atoms with Crippen molar-refractivity contribution < 1.29 is 23.5 Å². The SMILES string of the molecule is CC(=O)Nc1cc(Cl)ccc1C1CN[C@@H](C(=O)NC2CC(C)(OC(=O)CN)C2)C1c1cccc(Cl)c1F.CC(C)(C)C. The Morgan fingerprint density at radius 1 is 1.12 bits per heavy atom. The standard InChI is InChI=1S/C26H29Cl2FN4O4.C5H12/c1-13(34)32-20-8-14(27)6-7-16(20)18-12-31-24(22(18)17-4-3-5-19(28)23(17)29)25(36)33-15-9-26(2,10-15)37-21(35)11-30;1-5(2,3)4/h3-8,15,18,22,24,31H,9-12,30H2,1-2H3,(H,32,34)(H,33,36);1-4H3/t15?,18?,22?,24-,26?;/m1./s1. The first-order chi connectivity index (χ1) is 19.5. The number of nitrogens with one attached hydrogen (secondary N) is 3. The van der Waals surface area contributed by atoms with E-state index in [4.69, 9.17) is 33.7 Å². The first kappa shape index (κ1) is 33.8. The van der Waals surface area contributed by atoms with Crippen LogP contribution in [-0.2, 0) is 19.1 Å². The smallest absolute Gasteiger partial charge is 0.320 e. The second-order valence-electron chi connectivity index (χ2n) is 12.8. The number of carbonyl (C=O) groups excluding carboxylic acids is 3. The Kier molecular flexibility index (Phi) is 11.0. The lowest BCUT2D eigenvalue weighted by molar-refractivity contribution is -0.167. The summed E-state index contributed by atoms with van der Waals surface area (Å²) in [5, 5.41) is 9.42. The van der Waals surface area contributed by atoms with Gasteiger partial charge in [-0.05, 0) is 41.7 Å². The molecule has 1 aliphatic carbocycles. The molecule has 1 aliphatic heterocycles. The molecule has 1 saturated heterocycles. The van der Waals surface area contributed by atoms with Gasteiger partial charge in [-0.3, -0.25) is 14.4 Å². The van der Waals surface area contributed by atoms with Crippen molar-refractivity contribution in [1.82, 2.24) is 10.6 Å². The minimum atomic E-state index is -0.780. The van der Waals surface area contributed by atoms with E-state index in [-0.39, 0.29) is 35.3 Å². The van der Waals surface area contributed by atoms with Gasteiger partial charge in [0.1, 0.15) is 11.4 Å². The van der Waals surface area contributed by atoms with E-state index >= 15 is 4.39 Å². The Balaban J connectivity index is 0.000000892. The van der Waals surface area contributed by atoms with Gasteiger partial charge in [0.15, 0.2) is 0 Å². The molecule has 0 radical (unpaired) electrons. The zero-order valence-corrected chi connectivity index (χ0v) is 26.5. The molecule has 8 nitrogen and oxygen atoms in total. The maximum atomic E-state index is 15.3. The summed E-state index contributed by atoms with van der Waals surface area (Å²) in [4.78, 5) is 36.9. The molecule has 230 valence electrons. The van der Waals surface area contributed by atoms with E-state index in [0.717, 1.165) is 5.56 Å². The fourth-order valence-corrected chi connectivity index (χ4v) is 5.75. The highest BCUT2D eigenvalue weighted by Crippen LogP contribution is 2.45. The molecule has 4 rings (SSSR count). The van der Waals surface area contributed by atoms with Crippen molar-refractivity contribution in [1.29, 1.82) is 0 Å². The third-order valence-electron chi connectivity index (χ3n) is 6.93. The molecule has 2 amide bonds. The summed E-state index contributed by atoms with van der Waals surface area (Å²) in [6, 6.07) is 8.83. The summed E-state index contributed by atoms with van der Waals surface area (Å²) in [5.41, 5.74) is 6.66. The van der Waals surface area contributed by atoms with Crippen LogP contribution in [0, 0.1) is 11.2 Å². The molecule has 1 saturated carbocycles. The first-order valence-electron chi connectivity index (χ1n) is 14.0. The van der Waals surface area contributed by atoms with Crippen molar-refractivity contribution in [2.75, 3.05) is 18.4 Å². The second kappa shape index (κ2) is 13.7. The molecule has 2 aromatic carbocycles. The van der Waals surface area contributed by atoms with Crippen LogP contribution in [0.1, 0.15) is 77.3 Å². The lowest BCUT2D eigenvalue weighted by Crippen LogP contribution is -2.58. The normalized spacial score (nSPS) is 25.0. The van der Waals surface area contributed by atoms with Crippen molar-refractivity contribution in [3.63, 3.8) is 0 Å². The third kappa shape index (κ3) is 8.89. The molecule has 0 bridgehead atoms. The summed E-state index contributed by atoms with van der Waals surface area (Å²) in [6.45, 7) is 12.1. The van der Waals surface area contributed by atoms with E-state index in [2.05, 4.69) is 43.6 Å². The van der Waals surface area contributed by atoms with Gasteiger partial charge in [-0.1, -0.05) is 69.1 Å². The number of halogens is 3. The van der Waals surface area contributed by atoms with Gasteiger partial charge in [0.05, 0.1) is 17.6 Å². The van der Waals surface area contributed by atoms with Crippen LogP contribution in [0.2, 0.25) is 10.0 Å². The van der Waals surface area contributed by atoms with Crippen LogP contribution in [0.4, 0.5) is 10.1 Å². The summed E-state index contributed by atoms with van der Waals surface area (Å²) in [5.74, 6) is -2.69. The Morgan fingerprint density at radius 2 is 1.76 bits per heavy atom. The third-order valence-corrected chi connectivity index (χ3v) is 7.46. The maximum absolute atomic E-state index is 15.3. The van der Waals surface area contributed by atoms with Crippen LogP contribution >= 0.6 is 23.2 Å². The number of amides is 2. The molecule has 0 spiro atoms. The molecule has 3 atom stereocenters. The van der Waals surface area contributed by atoms with Crippen LogP contribution in [0.15, 0.2) is 36.4 Å². The van der Waals surface area contributed by atoms with Crippen molar-refractivity contribution in [3.8, 4) is 0 Å². The van der Waals surface area contributed by atoms with Crippen LogP contribution in [0.3, 0.4) is 0 Å². The molecular formula is C31H41Cl2FN4O4. The largest absolute Gasteiger partial charge is 0.458 e. The zero-order chi connectivity index (χ0) is 31.4. The average molecular weight is 624 g/mol. The Labute approximate surface area is 257 Å². The second-order valence-corrected chi connectivity index (χ2v) is 13.7. The van der Waals surface area contributed by atoms with Crippen LogP contribution in [0.5, 0.6) is 0 Å². The molecule has 2 fully saturated rings. The predicted octanol–water partition coefficient (Wildman–Crippen LogP) is 5.52. The molecular weight excluding hydrogens is 582 g/mol. The van der Waals surface area contributed by atoms with E-state index < -0.39 is 29.3 Å². The number of hydrogen-bond donors (Lipinski definition) is 4. The fraction of sp³-hybridized carbons (Fsp3) is 0.516. The number of hydrogen-bond acceptors (Lipinski definition) is 6. The van der Waals surface area contributed by atoms with Gasteiger partial charge in [0, 0.05) is 54.9 Å². The lowest BCUT2D eigenvalue weighted by Gasteiger charge is -2.44. The van der Waals surface area contributed by atoms with Crippen molar-refractivity contribution >= 4 is 46.7 Å². The van der Waals surface area contributed by atoms with Gasteiger partial charge in [0.2, 0.25) is 11.8 Å². The van der Waals surface area contributed by atoms with E-state index in [0.29, 0.717) is 41.1 Å². The van der Waals surface area contributed by atoms with Crippen molar-refractivity contribution in [2.24, 2.45) is 11.1 Å². The number of esters is 1. The number of benzene rings is 2. The first-order valence-corrected chi connectivity index (χ1v) is 14.7. The van der Waals surface area contributed by atoms with E-state index in [1.807, 2.05) is 0 Å². The summed E-state index contributed by atoms with van der Waals surface area (Å²) in [7, 11) is 0. The van der Waals surface area contributed by atoms with Crippen molar-refractivity contribution in [2.45, 2.75) is 83.9 Å². The predicted molar refractivity (Wildman–Crippen MR) is 164 cm³/mol. The highest BCUT2D eigenvalue weighted by molar-refractivity contribution is 6.31. The van der Waals surface area contributed by atoms with E-state index in [1.54, 1.807) is 37.3 Å². The van der Waals surface area contributed by atoms with Crippen LogP contribution in [-0.4, -0.2) is 48.6 Å². The fourth-order valence-electron chi connectivity index (χ4n) is 5.40. The van der Waals surface area contributed by atoms with E-state index in [9.17, 15) is 14.4 Å². The Bertz CT molecular complexity index is 1300. The Morgan fingerprint density at radius 3 is 2.36 bits per heavy atom. The zero-order valence-electron chi connectivity index (χ0n) is 24.9. The average Bonchev–Trinajstić information content (AvgIpc) is 3.28. The monoisotopic (exact) mass is 622 g/mol. The topological polar surface area (TPSA) is 123 Å². The number of carbonyl (C=O) groups is 3. The van der Waals surface area contributed by atoms with Gasteiger partial charge in [-0.2, -0.15) is 0 Å². The molecule has 2 aromatic rings. The van der Waals surface area contributed by atoms with Gasteiger partial charge in [0.25, 0.3) is 0 Å². The molecule has 11 heteroatoms. The molecule has 0 aromatic heterocycles. The minimum Gasteiger partial charge on any atom is -0.458 e. The highest BCUT2D eigenvalue weighted by Gasteiger charge is 2.48. The highest BCUT2D eigenvalue weighted by atomic mass is 35.5. The summed E-state index contributed by atoms with van der Waals surface area (Å²) < 4.78 is 20.7. The maximum Gasteiger partial charge on any atom is 0.320 e. The van der Waals surface area contributed by atoms with Gasteiger partial charge >= 0.3 is 5.97 Å². The van der Waals surface area contributed by atoms with Crippen LogP contribution < -0.4 is 21.7 Å². The number of ether oxygens (including phenoxy) is 1. The quantitative estimate of drug-likeness (QED) is 0.302. The number of rotatable bonds is 7. The molecule has 2 unspecified atom stereocenters. The van der Waals surface area contributed by atoms with Crippen molar-refractivity contribution in [3.05, 3.63) is 63.4 Å². The molecule has 1 heterocycles. The minimum absolute atomic E-state index is 0.0445. The number of nitrogens with two attached hydrogens (primary N) is 1. The molecule has 2 aliphatic rings. The van der Waals surface area contributed by atoms with Gasteiger partial charge in [-0.15, -0.1) is 0 Å². The summed E-state index contributed by atoms with van der Waals surface area (Å²) >= 11 is 12.3. The Hall–Kier alpha value is -2.72.